The van der Waals surface area contributed by atoms with Crippen LogP contribution in [0.2, 0.25) is 0 Å². The molecule has 1 fully saturated rings. The van der Waals surface area contributed by atoms with E-state index in [1.54, 1.807) is 11.8 Å². The molecule has 0 bridgehead atoms. The van der Waals surface area contributed by atoms with E-state index in [0.717, 1.165) is 17.1 Å². The summed E-state index contributed by atoms with van der Waals surface area (Å²) in [4.78, 5) is 36.3. The number of hydrogen-bond donors (Lipinski definition) is 2. The fourth-order valence-electron chi connectivity index (χ4n) is 1.72. The van der Waals surface area contributed by atoms with Crippen LogP contribution in [0.3, 0.4) is 0 Å². The highest BCUT2D eigenvalue weighted by molar-refractivity contribution is 7.98. The van der Waals surface area contributed by atoms with Crippen molar-refractivity contribution in [3.63, 3.8) is 0 Å². The van der Waals surface area contributed by atoms with Crippen molar-refractivity contribution in [1.82, 2.24) is 15.5 Å². The number of amides is 4. The van der Waals surface area contributed by atoms with E-state index < -0.39 is 12.1 Å². The van der Waals surface area contributed by atoms with Crippen molar-refractivity contribution in [2.24, 2.45) is 0 Å². The second-order valence-electron chi connectivity index (χ2n) is 4.58. The zero-order valence-electron chi connectivity index (χ0n) is 11.6. The standard InChI is InChI=1S/C12H21N3O3S/c1-4-8(2)13-10(16)7-15-11(17)9(5-6-19-3)14-12(15)18/h8-9H,4-7H2,1-3H3,(H,13,16)(H,14,18)/t8-,9-/m1/s1. The van der Waals surface area contributed by atoms with Gasteiger partial charge in [-0.05, 0) is 31.8 Å². The first-order valence-electron chi connectivity index (χ1n) is 6.39. The highest BCUT2D eigenvalue weighted by Gasteiger charge is 2.38. The van der Waals surface area contributed by atoms with Crippen molar-refractivity contribution < 1.29 is 14.4 Å². The summed E-state index contributed by atoms with van der Waals surface area (Å²) in [5.41, 5.74) is 0. The minimum atomic E-state index is -0.489. The number of rotatable bonds is 7. The Kier molecular flexibility index (Phi) is 6.14. The van der Waals surface area contributed by atoms with Gasteiger partial charge in [-0.2, -0.15) is 11.8 Å². The monoisotopic (exact) mass is 287 g/mol. The fraction of sp³-hybridized carbons (Fsp3) is 0.750. The van der Waals surface area contributed by atoms with Crippen LogP contribution in [0.5, 0.6) is 0 Å². The van der Waals surface area contributed by atoms with E-state index in [-0.39, 0.29) is 24.4 Å². The first-order chi connectivity index (χ1) is 8.99. The summed E-state index contributed by atoms with van der Waals surface area (Å²) in [5, 5.41) is 5.34. The molecule has 7 heteroatoms. The van der Waals surface area contributed by atoms with Gasteiger partial charge < -0.3 is 10.6 Å². The van der Waals surface area contributed by atoms with Crippen LogP contribution in [-0.2, 0) is 9.59 Å². The Morgan fingerprint density at radius 2 is 2.21 bits per heavy atom. The van der Waals surface area contributed by atoms with Crippen LogP contribution in [0.15, 0.2) is 0 Å². The summed E-state index contributed by atoms with van der Waals surface area (Å²) >= 11 is 1.62. The molecule has 1 rings (SSSR count). The zero-order valence-corrected chi connectivity index (χ0v) is 12.4. The fourth-order valence-corrected chi connectivity index (χ4v) is 2.20. The molecule has 1 saturated heterocycles. The Hall–Kier alpha value is -1.24. The van der Waals surface area contributed by atoms with Crippen LogP contribution in [0, 0.1) is 0 Å². The maximum absolute atomic E-state index is 12.0. The largest absolute Gasteiger partial charge is 0.352 e. The number of carbonyl (C=O) groups excluding carboxylic acids is 3. The third-order valence-corrected chi connectivity index (χ3v) is 3.68. The first kappa shape index (κ1) is 15.8. The molecule has 1 aliphatic rings. The molecule has 0 aromatic carbocycles. The first-order valence-corrected chi connectivity index (χ1v) is 7.79. The second-order valence-corrected chi connectivity index (χ2v) is 5.57. The van der Waals surface area contributed by atoms with E-state index in [1.165, 1.54) is 0 Å². The lowest BCUT2D eigenvalue weighted by Gasteiger charge is -2.15. The maximum atomic E-state index is 12.0. The summed E-state index contributed by atoms with van der Waals surface area (Å²) < 4.78 is 0. The summed E-state index contributed by atoms with van der Waals surface area (Å²) in [7, 11) is 0. The predicted octanol–water partition coefficient (Wildman–Crippen LogP) is 0.575. The Labute approximate surface area is 117 Å². The number of thioether (sulfide) groups is 1. The molecular formula is C12H21N3O3S. The third kappa shape index (κ3) is 4.41. The molecule has 0 aliphatic carbocycles. The zero-order chi connectivity index (χ0) is 14.4. The normalized spacial score (nSPS) is 20.4. The van der Waals surface area contributed by atoms with Crippen molar-refractivity contribution in [3.8, 4) is 0 Å². The van der Waals surface area contributed by atoms with Gasteiger partial charge in [-0.15, -0.1) is 0 Å². The van der Waals surface area contributed by atoms with Crippen LogP contribution in [0.25, 0.3) is 0 Å². The molecule has 0 aromatic rings. The molecule has 0 aromatic heterocycles. The highest BCUT2D eigenvalue weighted by atomic mass is 32.2. The molecule has 2 atom stereocenters. The van der Waals surface area contributed by atoms with Gasteiger partial charge in [0.05, 0.1) is 0 Å². The van der Waals surface area contributed by atoms with Crippen LogP contribution < -0.4 is 10.6 Å². The van der Waals surface area contributed by atoms with E-state index >= 15 is 0 Å². The molecule has 0 spiro atoms. The van der Waals surface area contributed by atoms with Crippen LogP contribution in [-0.4, -0.2) is 53.4 Å². The number of hydrogen-bond acceptors (Lipinski definition) is 4. The topological polar surface area (TPSA) is 78.5 Å². The Bertz CT molecular complexity index is 362. The van der Waals surface area contributed by atoms with Gasteiger partial charge in [0.2, 0.25) is 5.91 Å². The molecule has 1 heterocycles. The van der Waals surface area contributed by atoms with Gasteiger partial charge in [0.25, 0.3) is 5.91 Å². The lowest BCUT2D eigenvalue weighted by molar-refractivity contribution is -0.132. The van der Waals surface area contributed by atoms with Crippen molar-refractivity contribution in [2.75, 3.05) is 18.6 Å². The van der Waals surface area contributed by atoms with Crippen molar-refractivity contribution >= 4 is 29.6 Å². The van der Waals surface area contributed by atoms with Gasteiger partial charge >= 0.3 is 6.03 Å². The van der Waals surface area contributed by atoms with Crippen molar-refractivity contribution in [3.05, 3.63) is 0 Å². The van der Waals surface area contributed by atoms with Crippen LogP contribution >= 0.6 is 11.8 Å². The van der Waals surface area contributed by atoms with Crippen molar-refractivity contribution in [1.29, 1.82) is 0 Å². The van der Waals surface area contributed by atoms with Gasteiger partial charge in [-0.25, -0.2) is 4.79 Å². The number of imide groups is 1. The average molecular weight is 287 g/mol. The molecule has 4 amide bonds. The number of urea groups is 1. The summed E-state index contributed by atoms with van der Waals surface area (Å²) in [6, 6.07) is -0.924. The average Bonchev–Trinajstić information content (AvgIpc) is 2.63. The van der Waals surface area contributed by atoms with Gasteiger partial charge in [0.15, 0.2) is 0 Å². The molecule has 0 saturated carbocycles. The Morgan fingerprint density at radius 1 is 1.53 bits per heavy atom. The van der Waals surface area contributed by atoms with Crippen molar-refractivity contribution in [2.45, 2.75) is 38.8 Å². The van der Waals surface area contributed by atoms with E-state index in [0.29, 0.717) is 6.42 Å². The predicted molar refractivity (Wildman–Crippen MR) is 74.9 cm³/mol. The van der Waals surface area contributed by atoms with Gasteiger partial charge in [-0.1, -0.05) is 6.92 Å². The maximum Gasteiger partial charge on any atom is 0.325 e. The van der Waals surface area contributed by atoms with E-state index in [4.69, 9.17) is 0 Å². The summed E-state index contributed by atoms with van der Waals surface area (Å²) in [6.45, 7) is 3.63. The minimum absolute atomic E-state index is 0.0422. The number of nitrogens with zero attached hydrogens (tertiary/aromatic N) is 1. The highest BCUT2D eigenvalue weighted by Crippen LogP contribution is 2.11. The smallest absolute Gasteiger partial charge is 0.325 e. The summed E-state index contributed by atoms with van der Waals surface area (Å²) in [5.74, 6) is 0.186. The van der Waals surface area contributed by atoms with Gasteiger partial charge in [0, 0.05) is 6.04 Å². The summed E-state index contributed by atoms with van der Waals surface area (Å²) in [6.07, 6.45) is 3.34. The van der Waals surface area contributed by atoms with E-state index in [2.05, 4.69) is 10.6 Å². The SMILES string of the molecule is CC[C@@H](C)NC(=O)CN1C(=O)N[C@H](CCSC)C1=O. The third-order valence-electron chi connectivity index (χ3n) is 3.04. The number of carbonyl (C=O) groups is 3. The van der Waals surface area contributed by atoms with Gasteiger partial charge in [-0.3, -0.25) is 14.5 Å². The molecule has 6 nitrogen and oxygen atoms in total. The van der Waals surface area contributed by atoms with E-state index in [1.807, 2.05) is 20.1 Å². The number of nitrogens with one attached hydrogen (secondary N) is 2. The molecule has 0 radical (unpaired) electrons. The quantitative estimate of drug-likeness (QED) is 0.671. The molecule has 1 aliphatic heterocycles. The lowest BCUT2D eigenvalue weighted by Crippen LogP contribution is -2.43. The second kappa shape index (κ2) is 7.37. The molecule has 0 unspecified atom stereocenters. The van der Waals surface area contributed by atoms with E-state index in [9.17, 15) is 14.4 Å². The lowest BCUT2D eigenvalue weighted by atomic mass is 10.2. The van der Waals surface area contributed by atoms with Crippen LogP contribution in [0.4, 0.5) is 4.79 Å². The van der Waals surface area contributed by atoms with Gasteiger partial charge in [0.1, 0.15) is 12.6 Å². The molecule has 108 valence electrons. The molecular weight excluding hydrogens is 266 g/mol. The Balaban J connectivity index is 2.51. The van der Waals surface area contributed by atoms with Crippen LogP contribution in [0.1, 0.15) is 26.7 Å². The minimum Gasteiger partial charge on any atom is -0.352 e. The molecule has 2 N–H and O–H groups in total. The molecule has 19 heavy (non-hydrogen) atoms. The Morgan fingerprint density at radius 3 is 2.79 bits per heavy atom.